The van der Waals surface area contributed by atoms with Gasteiger partial charge < -0.3 is 9.80 Å². The molecule has 3 heterocycles. The van der Waals surface area contributed by atoms with Gasteiger partial charge in [-0.15, -0.1) is 5.10 Å². The van der Waals surface area contributed by atoms with Gasteiger partial charge in [-0.05, 0) is 24.6 Å². The molecular weight excluding hydrogens is 288 g/mol. The third kappa shape index (κ3) is 2.12. The summed E-state index contributed by atoms with van der Waals surface area (Å²) in [6.45, 7) is 2.41. The van der Waals surface area contributed by atoms with Gasteiger partial charge >= 0.3 is 0 Å². The van der Waals surface area contributed by atoms with E-state index in [9.17, 15) is 4.79 Å². The van der Waals surface area contributed by atoms with Crippen molar-refractivity contribution in [2.24, 2.45) is 0 Å². The summed E-state index contributed by atoms with van der Waals surface area (Å²) in [4.78, 5) is 16.0. The molecule has 5 nitrogen and oxygen atoms in total. The Hall–Kier alpha value is -1.88. The van der Waals surface area contributed by atoms with Crippen molar-refractivity contribution in [3.8, 4) is 0 Å². The van der Waals surface area contributed by atoms with Crippen LogP contribution in [0.15, 0.2) is 24.4 Å². The fraction of sp³-hybridized carbons (Fsp3) is 0.400. The van der Waals surface area contributed by atoms with Crippen LogP contribution in [0.2, 0.25) is 5.02 Å². The third-order valence-electron chi connectivity index (χ3n) is 4.40. The first-order chi connectivity index (χ1) is 10.2. The molecule has 0 saturated carbocycles. The van der Waals surface area contributed by atoms with E-state index in [4.69, 9.17) is 11.6 Å². The minimum atomic E-state index is 0.287. The van der Waals surface area contributed by atoms with Crippen LogP contribution in [0.1, 0.15) is 12.8 Å². The molecule has 1 aromatic heterocycles. The molecule has 4 rings (SSSR count). The van der Waals surface area contributed by atoms with Crippen LogP contribution in [0.25, 0.3) is 10.8 Å². The zero-order valence-electron chi connectivity index (χ0n) is 11.5. The molecule has 2 aliphatic rings. The lowest BCUT2D eigenvalue weighted by Crippen LogP contribution is -2.51. The number of carbonyl (C=O) groups is 1. The van der Waals surface area contributed by atoms with Crippen LogP contribution >= 0.6 is 11.6 Å². The maximum atomic E-state index is 11.8. The van der Waals surface area contributed by atoms with Gasteiger partial charge in [-0.3, -0.25) is 4.79 Å². The highest BCUT2D eigenvalue weighted by Crippen LogP contribution is 2.30. The van der Waals surface area contributed by atoms with Gasteiger partial charge in [0.1, 0.15) is 0 Å². The first kappa shape index (κ1) is 12.8. The molecule has 0 N–H and O–H groups in total. The summed E-state index contributed by atoms with van der Waals surface area (Å²) in [5, 5.41) is 11.2. The van der Waals surface area contributed by atoms with Crippen LogP contribution in [-0.2, 0) is 4.79 Å². The highest BCUT2D eigenvalue weighted by molar-refractivity contribution is 6.31. The van der Waals surface area contributed by atoms with Gasteiger partial charge in [0.2, 0.25) is 5.91 Å². The fourth-order valence-corrected chi connectivity index (χ4v) is 3.51. The first-order valence-corrected chi connectivity index (χ1v) is 7.55. The molecule has 2 aliphatic heterocycles. The first-order valence-electron chi connectivity index (χ1n) is 7.18. The average Bonchev–Trinajstić information content (AvgIpc) is 2.87. The van der Waals surface area contributed by atoms with Gasteiger partial charge in [0, 0.05) is 47.9 Å². The van der Waals surface area contributed by atoms with Crippen molar-refractivity contribution in [1.82, 2.24) is 15.1 Å². The molecule has 1 amide bonds. The van der Waals surface area contributed by atoms with Crippen molar-refractivity contribution in [3.05, 3.63) is 29.4 Å². The van der Waals surface area contributed by atoms with Gasteiger partial charge in [-0.1, -0.05) is 11.6 Å². The predicted molar refractivity (Wildman–Crippen MR) is 81.5 cm³/mol. The number of benzene rings is 1. The van der Waals surface area contributed by atoms with Gasteiger partial charge in [0.05, 0.1) is 6.20 Å². The maximum Gasteiger partial charge on any atom is 0.223 e. The summed E-state index contributed by atoms with van der Waals surface area (Å²) < 4.78 is 0. The standard InChI is InChI=1S/C15H15ClN4O/c16-11-1-3-13-10(7-11)8-17-18-15(13)19-5-6-20-12(9-19)2-4-14(20)21/h1,3,7-8,12H,2,4-6,9H2. The van der Waals surface area contributed by atoms with Gasteiger partial charge in [-0.2, -0.15) is 5.10 Å². The molecule has 1 aromatic carbocycles. The van der Waals surface area contributed by atoms with Crippen molar-refractivity contribution in [2.45, 2.75) is 18.9 Å². The largest absolute Gasteiger partial charge is 0.351 e. The average molecular weight is 303 g/mol. The summed E-state index contributed by atoms with van der Waals surface area (Å²) in [5.74, 6) is 1.18. The second kappa shape index (κ2) is 4.84. The van der Waals surface area contributed by atoms with E-state index in [1.165, 1.54) is 0 Å². The number of fused-ring (bicyclic) bond motifs is 2. The lowest BCUT2D eigenvalue weighted by Gasteiger charge is -2.38. The highest BCUT2D eigenvalue weighted by atomic mass is 35.5. The number of rotatable bonds is 1. The van der Waals surface area contributed by atoms with E-state index < -0.39 is 0 Å². The second-order valence-electron chi connectivity index (χ2n) is 5.63. The molecule has 108 valence electrons. The normalized spacial score (nSPS) is 22.0. The molecule has 0 spiro atoms. The Bertz CT molecular complexity index is 720. The second-order valence-corrected chi connectivity index (χ2v) is 6.06. The summed E-state index contributed by atoms with van der Waals surface area (Å²) >= 11 is 6.04. The number of hydrogen-bond acceptors (Lipinski definition) is 4. The molecule has 1 atom stereocenters. The Morgan fingerprint density at radius 1 is 1.29 bits per heavy atom. The molecule has 21 heavy (non-hydrogen) atoms. The number of carbonyl (C=O) groups excluding carboxylic acids is 1. The summed E-state index contributed by atoms with van der Waals surface area (Å²) in [5.41, 5.74) is 0. The topological polar surface area (TPSA) is 49.3 Å². The van der Waals surface area contributed by atoms with Gasteiger partial charge in [-0.25, -0.2) is 0 Å². The van der Waals surface area contributed by atoms with Crippen LogP contribution in [0.3, 0.4) is 0 Å². The molecule has 0 bridgehead atoms. The van der Waals surface area contributed by atoms with E-state index in [0.717, 1.165) is 42.6 Å². The predicted octanol–water partition coefficient (Wildman–Crippen LogP) is 2.09. The molecule has 0 radical (unpaired) electrons. The van der Waals surface area contributed by atoms with Crippen LogP contribution < -0.4 is 4.90 Å². The lowest BCUT2D eigenvalue weighted by atomic mass is 10.1. The number of halogens is 1. The zero-order valence-corrected chi connectivity index (χ0v) is 12.3. The summed E-state index contributed by atoms with van der Waals surface area (Å²) in [6, 6.07) is 6.10. The number of anilines is 1. The van der Waals surface area contributed by atoms with E-state index in [1.54, 1.807) is 6.20 Å². The molecule has 0 aliphatic carbocycles. The quantitative estimate of drug-likeness (QED) is 0.809. The van der Waals surface area contributed by atoms with Crippen molar-refractivity contribution in [2.75, 3.05) is 24.5 Å². The number of hydrogen-bond donors (Lipinski definition) is 0. The van der Waals surface area contributed by atoms with Crippen LogP contribution in [0, 0.1) is 0 Å². The molecule has 1 unspecified atom stereocenters. The number of amides is 1. The molecule has 2 fully saturated rings. The van der Waals surface area contributed by atoms with E-state index in [2.05, 4.69) is 15.1 Å². The fourth-order valence-electron chi connectivity index (χ4n) is 3.33. The smallest absolute Gasteiger partial charge is 0.223 e. The number of piperazine rings is 1. The number of aromatic nitrogens is 2. The van der Waals surface area contributed by atoms with E-state index in [1.807, 2.05) is 23.1 Å². The Morgan fingerprint density at radius 2 is 2.19 bits per heavy atom. The minimum Gasteiger partial charge on any atom is -0.351 e. The van der Waals surface area contributed by atoms with Crippen molar-refractivity contribution in [1.29, 1.82) is 0 Å². The SMILES string of the molecule is O=C1CCC2CN(c3nncc4cc(Cl)ccc34)CCN12. The highest BCUT2D eigenvalue weighted by Gasteiger charge is 2.36. The monoisotopic (exact) mass is 302 g/mol. The summed E-state index contributed by atoms with van der Waals surface area (Å²) in [6.07, 6.45) is 3.36. The van der Waals surface area contributed by atoms with E-state index in [0.29, 0.717) is 17.5 Å². The Morgan fingerprint density at radius 3 is 3.10 bits per heavy atom. The Balaban J connectivity index is 1.69. The Labute approximate surface area is 127 Å². The van der Waals surface area contributed by atoms with Crippen molar-refractivity contribution < 1.29 is 4.79 Å². The lowest BCUT2D eigenvalue weighted by molar-refractivity contribution is -0.129. The minimum absolute atomic E-state index is 0.287. The van der Waals surface area contributed by atoms with Crippen LogP contribution in [0.5, 0.6) is 0 Å². The van der Waals surface area contributed by atoms with E-state index in [-0.39, 0.29) is 5.91 Å². The molecule has 2 aromatic rings. The van der Waals surface area contributed by atoms with Crippen LogP contribution in [0.4, 0.5) is 5.82 Å². The maximum absolute atomic E-state index is 11.8. The molecule has 6 heteroatoms. The van der Waals surface area contributed by atoms with Gasteiger partial charge in [0.15, 0.2) is 5.82 Å². The third-order valence-corrected chi connectivity index (χ3v) is 4.63. The van der Waals surface area contributed by atoms with Crippen molar-refractivity contribution >= 4 is 34.1 Å². The van der Waals surface area contributed by atoms with Gasteiger partial charge in [0.25, 0.3) is 0 Å². The summed E-state index contributed by atoms with van der Waals surface area (Å²) in [7, 11) is 0. The zero-order chi connectivity index (χ0) is 14.4. The van der Waals surface area contributed by atoms with Crippen LogP contribution in [-0.4, -0.2) is 46.7 Å². The van der Waals surface area contributed by atoms with E-state index >= 15 is 0 Å². The molecular formula is C15H15ClN4O. The number of nitrogens with zero attached hydrogens (tertiary/aromatic N) is 4. The Kier molecular flexibility index (Phi) is 2.96. The van der Waals surface area contributed by atoms with Crippen molar-refractivity contribution in [3.63, 3.8) is 0 Å². The molecule has 2 saturated heterocycles.